The lowest BCUT2D eigenvalue weighted by Gasteiger charge is -2.37. The Bertz CT molecular complexity index is 1210. The van der Waals surface area contributed by atoms with Gasteiger partial charge in [-0.2, -0.15) is 0 Å². The van der Waals surface area contributed by atoms with E-state index in [9.17, 15) is 18.4 Å². The predicted molar refractivity (Wildman–Crippen MR) is 136 cm³/mol. The normalized spacial score (nSPS) is 15.8. The quantitative estimate of drug-likeness (QED) is 0.369. The number of fused-ring (bicyclic) bond motifs is 1. The molecule has 36 heavy (non-hydrogen) atoms. The van der Waals surface area contributed by atoms with Crippen molar-refractivity contribution in [2.75, 3.05) is 26.2 Å². The third kappa shape index (κ3) is 5.93. The van der Waals surface area contributed by atoms with Crippen molar-refractivity contribution in [2.45, 2.75) is 32.7 Å². The number of hydrogen-bond acceptors (Lipinski definition) is 4. The van der Waals surface area contributed by atoms with Crippen LogP contribution in [-0.2, 0) is 11.2 Å². The van der Waals surface area contributed by atoms with Crippen LogP contribution >= 0.6 is 11.3 Å². The van der Waals surface area contributed by atoms with Crippen molar-refractivity contribution in [1.82, 2.24) is 9.80 Å². The molecule has 4 rings (SSSR count). The van der Waals surface area contributed by atoms with Crippen LogP contribution in [0.25, 0.3) is 0 Å². The minimum atomic E-state index is -0.498. The standard InChI is InChI=1S/C28H30F2N2O3S/c1-3-19(2)16-31(28(34)20-7-6-8-21(29)15-20)17-27(33)32-13-11-26-22(12-14-36-26)24(32)18-35-25-10-5-4-9-23(25)30/h4-10,12,14-15,19,24H,3,11,13,16-18H2,1-2H3/t19-,24-/m0/s1. The second kappa shape index (κ2) is 11.6. The number of amides is 2. The smallest absolute Gasteiger partial charge is 0.254 e. The Labute approximate surface area is 214 Å². The number of ether oxygens (including phenoxy) is 1. The van der Waals surface area contributed by atoms with Crippen molar-refractivity contribution in [3.63, 3.8) is 0 Å². The highest BCUT2D eigenvalue weighted by Crippen LogP contribution is 2.34. The van der Waals surface area contributed by atoms with E-state index in [4.69, 9.17) is 4.74 Å². The van der Waals surface area contributed by atoms with Crippen molar-refractivity contribution >= 4 is 23.2 Å². The summed E-state index contributed by atoms with van der Waals surface area (Å²) in [4.78, 5) is 31.3. The minimum absolute atomic E-state index is 0.0968. The van der Waals surface area contributed by atoms with Gasteiger partial charge in [-0.25, -0.2) is 8.78 Å². The lowest BCUT2D eigenvalue weighted by Crippen LogP contribution is -2.48. The van der Waals surface area contributed by atoms with Gasteiger partial charge in [0.15, 0.2) is 11.6 Å². The molecule has 2 amide bonds. The Morgan fingerprint density at radius 3 is 2.72 bits per heavy atom. The minimum Gasteiger partial charge on any atom is -0.488 e. The molecule has 2 atom stereocenters. The fraction of sp³-hybridized carbons (Fsp3) is 0.357. The number of halogens is 2. The van der Waals surface area contributed by atoms with E-state index in [1.54, 1.807) is 40.5 Å². The van der Waals surface area contributed by atoms with Crippen molar-refractivity contribution < 1.29 is 23.1 Å². The van der Waals surface area contributed by atoms with Crippen LogP contribution in [0.15, 0.2) is 60.0 Å². The van der Waals surface area contributed by atoms with E-state index in [0.29, 0.717) is 19.5 Å². The van der Waals surface area contributed by atoms with Gasteiger partial charge >= 0.3 is 0 Å². The second-order valence-corrected chi connectivity index (χ2v) is 10.1. The summed E-state index contributed by atoms with van der Waals surface area (Å²) in [6.45, 7) is 4.86. The molecule has 5 nitrogen and oxygen atoms in total. The Kier molecular flexibility index (Phi) is 8.36. The highest BCUT2D eigenvalue weighted by molar-refractivity contribution is 7.10. The largest absolute Gasteiger partial charge is 0.488 e. The van der Waals surface area contributed by atoms with Crippen molar-refractivity contribution in [3.05, 3.63) is 87.6 Å². The number of benzene rings is 2. The Morgan fingerprint density at radius 1 is 1.17 bits per heavy atom. The summed E-state index contributed by atoms with van der Waals surface area (Å²) in [5, 5.41) is 1.98. The van der Waals surface area contributed by atoms with Gasteiger partial charge in [0, 0.05) is 23.5 Å². The van der Waals surface area contributed by atoms with Gasteiger partial charge in [0.1, 0.15) is 19.0 Å². The van der Waals surface area contributed by atoms with Crippen LogP contribution in [0, 0.1) is 17.6 Å². The molecule has 0 radical (unpaired) electrons. The van der Waals surface area contributed by atoms with Crippen LogP contribution in [0.5, 0.6) is 5.75 Å². The van der Waals surface area contributed by atoms with Crippen LogP contribution in [0.2, 0.25) is 0 Å². The van der Waals surface area contributed by atoms with E-state index in [1.165, 1.54) is 34.0 Å². The maximum absolute atomic E-state index is 14.2. The van der Waals surface area contributed by atoms with E-state index in [0.717, 1.165) is 12.0 Å². The molecule has 0 aliphatic carbocycles. The summed E-state index contributed by atoms with van der Waals surface area (Å²) >= 11 is 1.63. The van der Waals surface area contributed by atoms with E-state index in [-0.39, 0.29) is 42.2 Å². The zero-order valence-electron chi connectivity index (χ0n) is 20.5. The van der Waals surface area contributed by atoms with Gasteiger partial charge in [-0.05, 0) is 59.7 Å². The van der Waals surface area contributed by atoms with Gasteiger partial charge in [-0.3, -0.25) is 9.59 Å². The van der Waals surface area contributed by atoms with Gasteiger partial charge in [-0.1, -0.05) is 38.5 Å². The fourth-order valence-electron chi connectivity index (χ4n) is 4.39. The summed E-state index contributed by atoms with van der Waals surface area (Å²) in [6, 6.07) is 13.3. The van der Waals surface area contributed by atoms with Crippen LogP contribution in [0.3, 0.4) is 0 Å². The lowest BCUT2D eigenvalue weighted by atomic mass is 10.00. The zero-order valence-corrected chi connectivity index (χ0v) is 21.3. The molecule has 1 aromatic heterocycles. The Balaban J connectivity index is 1.55. The summed E-state index contributed by atoms with van der Waals surface area (Å²) in [7, 11) is 0. The summed E-state index contributed by atoms with van der Waals surface area (Å²) in [6.07, 6.45) is 1.54. The monoisotopic (exact) mass is 512 g/mol. The summed E-state index contributed by atoms with van der Waals surface area (Å²) < 4.78 is 33.8. The molecule has 0 spiro atoms. The first-order valence-corrected chi connectivity index (χ1v) is 13.0. The molecule has 0 unspecified atom stereocenters. The molecule has 8 heteroatoms. The number of para-hydroxylation sites is 1. The average Bonchev–Trinajstić information content (AvgIpc) is 3.36. The maximum Gasteiger partial charge on any atom is 0.254 e. The maximum atomic E-state index is 14.2. The molecular weight excluding hydrogens is 482 g/mol. The number of nitrogens with zero attached hydrogens (tertiary/aromatic N) is 2. The number of carbonyl (C=O) groups excluding carboxylic acids is 2. The van der Waals surface area contributed by atoms with Crippen LogP contribution in [0.1, 0.15) is 47.1 Å². The third-order valence-electron chi connectivity index (χ3n) is 6.56. The topological polar surface area (TPSA) is 49.9 Å². The average molecular weight is 513 g/mol. The van der Waals surface area contributed by atoms with Crippen molar-refractivity contribution in [2.24, 2.45) is 5.92 Å². The number of thiophene rings is 1. The molecule has 2 heterocycles. The van der Waals surface area contributed by atoms with Gasteiger partial charge in [0.05, 0.1) is 6.04 Å². The van der Waals surface area contributed by atoms with Crippen LogP contribution in [-0.4, -0.2) is 47.9 Å². The first-order valence-electron chi connectivity index (χ1n) is 12.1. The molecule has 0 saturated heterocycles. The summed E-state index contributed by atoms with van der Waals surface area (Å²) in [5.41, 5.74) is 1.20. The van der Waals surface area contributed by atoms with Gasteiger partial charge < -0.3 is 14.5 Å². The molecule has 0 bridgehead atoms. The van der Waals surface area contributed by atoms with Gasteiger partial charge in [0.2, 0.25) is 5.91 Å². The number of rotatable bonds is 9. The number of carbonyl (C=O) groups is 2. The molecule has 0 fully saturated rings. The molecule has 1 aliphatic rings. The zero-order chi connectivity index (χ0) is 25.7. The molecular formula is C28H30F2N2O3S. The van der Waals surface area contributed by atoms with Crippen molar-refractivity contribution in [3.8, 4) is 5.75 Å². The number of hydrogen-bond donors (Lipinski definition) is 0. The summed E-state index contributed by atoms with van der Waals surface area (Å²) in [5.74, 6) is -1.26. The van der Waals surface area contributed by atoms with E-state index < -0.39 is 17.7 Å². The molecule has 2 aromatic carbocycles. The van der Waals surface area contributed by atoms with Gasteiger partial charge in [-0.15, -0.1) is 11.3 Å². The third-order valence-corrected chi connectivity index (χ3v) is 7.56. The van der Waals surface area contributed by atoms with Crippen LogP contribution < -0.4 is 4.74 Å². The van der Waals surface area contributed by atoms with E-state index >= 15 is 0 Å². The molecule has 0 saturated carbocycles. The Hall–Kier alpha value is -3.26. The lowest BCUT2D eigenvalue weighted by molar-refractivity contribution is -0.135. The fourth-order valence-corrected chi connectivity index (χ4v) is 5.32. The van der Waals surface area contributed by atoms with Gasteiger partial charge in [0.25, 0.3) is 5.91 Å². The molecule has 1 aliphatic heterocycles. The highest BCUT2D eigenvalue weighted by Gasteiger charge is 2.34. The SMILES string of the molecule is CC[C@H](C)CN(CC(=O)N1CCc2sccc2[C@@H]1COc1ccccc1F)C(=O)c1cccc(F)c1. The first-order chi connectivity index (χ1) is 17.4. The van der Waals surface area contributed by atoms with E-state index in [1.807, 2.05) is 25.3 Å². The first kappa shape index (κ1) is 25.8. The molecule has 190 valence electrons. The Morgan fingerprint density at radius 2 is 1.97 bits per heavy atom. The highest BCUT2D eigenvalue weighted by atomic mass is 32.1. The molecule has 3 aromatic rings. The van der Waals surface area contributed by atoms with Crippen molar-refractivity contribution in [1.29, 1.82) is 0 Å². The molecule has 0 N–H and O–H groups in total. The van der Waals surface area contributed by atoms with Crippen LogP contribution in [0.4, 0.5) is 8.78 Å². The second-order valence-electron chi connectivity index (χ2n) is 9.10. The predicted octanol–water partition coefficient (Wildman–Crippen LogP) is 5.72. The van der Waals surface area contributed by atoms with E-state index in [2.05, 4.69) is 0 Å².